The van der Waals surface area contributed by atoms with Crippen molar-refractivity contribution in [1.82, 2.24) is 9.97 Å². The van der Waals surface area contributed by atoms with Crippen LogP contribution in [0.4, 0.5) is 5.95 Å². The number of hydrogen-bond acceptors (Lipinski definition) is 7. The smallest absolute Gasteiger partial charge is 0.225 e. The van der Waals surface area contributed by atoms with Crippen molar-refractivity contribution in [1.29, 1.82) is 10.5 Å². The first kappa shape index (κ1) is 19.7. The van der Waals surface area contributed by atoms with E-state index in [1.165, 1.54) is 0 Å². The molecule has 1 aromatic heterocycles. The lowest BCUT2D eigenvalue weighted by molar-refractivity contribution is 0.0541. The van der Waals surface area contributed by atoms with Crippen LogP contribution in [0.15, 0.2) is 65.9 Å². The number of benzene rings is 2. The number of fused-ring (bicyclic) bond motifs is 1. The molecule has 1 spiro atoms. The van der Waals surface area contributed by atoms with Crippen LogP contribution in [0.2, 0.25) is 0 Å². The molecule has 1 fully saturated rings. The lowest BCUT2D eigenvalue weighted by Crippen LogP contribution is -2.55. The van der Waals surface area contributed by atoms with Gasteiger partial charge in [0.25, 0.3) is 0 Å². The molecule has 1 unspecified atom stereocenters. The third-order valence-corrected chi connectivity index (χ3v) is 5.99. The van der Waals surface area contributed by atoms with Gasteiger partial charge in [-0.2, -0.15) is 15.5 Å². The topological polar surface area (TPSA) is 98.2 Å². The summed E-state index contributed by atoms with van der Waals surface area (Å²) in [6, 6.07) is 17.4. The van der Waals surface area contributed by atoms with Gasteiger partial charge in [-0.3, -0.25) is 0 Å². The fraction of sp³-hybridized carbons (Fsp3) is 0.240. The molecular formula is C25H20N6O. The number of anilines is 1. The van der Waals surface area contributed by atoms with Crippen molar-refractivity contribution >= 4 is 11.7 Å². The Hall–Kier alpha value is -4.23. The van der Waals surface area contributed by atoms with Gasteiger partial charge in [-0.05, 0) is 54.3 Å². The molecule has 0 radical (unpaired) electrons. The summed E-state index contributed by atoms with van der Waals surface area (Å²) in [6.45, 7) is 1.49. The van der Waals surface area contributed by atoms with Crippen molar-refractivity contribution in [3.63, 3.8) is 0 Å². The van der Waals surface area contributed by atoms with Gasteiger partial charge in [0.2, 0.25) is 12.1 Å². The fourth-order valence-corrected chi connectivity index (χ4v) is 4.57. The van der Waals surface area contributed by atoms with Crippen molar-refractivity contribution in [3.05, 3.63) is 72.1 Å². The normalized spacial score (nSPS) is 20.8. The van der Waals surface area contributed by atoms with Gasteiger partial charge in [0, 0.05) is 30.9 Å². The molecule has 1 saturated heterocycles. The minimum atomic E-state index is -0.484. The summed E-state index contributed by atoms with van der Waals surface area (Å²) in [5.74, 6) is 1.41. The zero-order valence-corrected chi connectivity index (χ0v) is 17.4. The molecule has 0 bridgehead atoms. The Balaban J connectivity index is 1.51. The monoisotopic (exact) mass is 420 g/mol. The van der Waals surface area contributed by atoms with Gasteiger partial charge in [0.1, 0.15) is 11.4 Å². The first-order chi connectivity index (χ1) is 15.7. The Labute approximate surface area is 186 Å². The summed E-state index contributed by atoms with van der Waals surface area (Å²) < 4.78 is 6.58. The standard InChI is InChI=1S/C25H20N6O/c26-15-18-4-1-5-19(12-18)20-6-7-23-21(13-20)22(30-17-27)14-25(32-23)8-2-11-31(16-25)24-28-9-3-10-29-24/h1,3-7,9-10,12-13H,2,8,11,14,16H2/b30-22-. The average molecular weight is 420 g/mol. The lowest BCUT2D eigenvalue weighted by Gasteiger charge is -2.45. The maximum Gasteiger partial charge on any atom is 0.225 e. The highest BCUT2D eigenvalue weighted by molar-refractivity contribution is 6.06. The molecule has 1 atom stereocenters. The van der Waals surface area contributed by atoms with Crippen LogP contribution in [0.3, 0.4) is 0 Å². The predicted octanol–water partition coefficient (Wildman–Crippen LogP) is 4.11. The average Bonchev–Trinajstić information content (AvgIpc) is 2.84. The number of hydrogen-bond donors (Lipinski definition) is 0. The molecule has 156 valence electrons. The number of aliphatic imine (C=N–C) groups is 1. The Morgan fingerprint density at radius 3 is 2.69 bits per heavy atom. The quantitative estimate of drug-likeness (QED) is 0.579. The van der Waals surface area contributed by atoms with E-state index in [-0.39, 0.29) is 0 Å². The van der Waals surface area contributed by atoms with Crippen molar-refractivity contribution in [2.45, 2.75) is 24.9 Å². The summed E-state index contributed by atoms with van der Waals surface area (Å²) in [7, 11) is 0. The third kappa shape index (κ3) is 3.66. The molecule has 0 saturated carbocycles. The first-order valence-corrected chi connectivity index (χ1v) is 10.5. The van der Waals surface area contributed by atoms with Crippen molar-refractivity contribution in [2.75, 3.05) is 18.0 Å². The third-order valence-electron chi connectivity index (χ3n) is 5.99. The number of rotatable bonds is 2. The maximum absolute atomic E-state index is 9.37. The summed E-state index contributed by atoms with van der Waals surface area (Å²) in [4.78, 5) is 15.1. The number of piperidine rings is 1. The second kappa shape index (κ2) is 8.13. The molecule has 0 amide bonds. The minimum absolute atomic E-state index is 0.484. The molecule has 0 N–H and O–H groups in total. The molecule has 3 heterocycles. The number of aromatic nitrogens is 2. The number of nitriles is 2. The van der Waals surface area contributed by atoms with Crippen LogP contribution in [0, 0.1) is 22.8 Å². The summed E-state index contributed by atoms with van der Waals surface area (Å²) in [5, 5.41) is 18.6. The molecule has 7 nitrogen and oxygen atoms in total. The van der Waals surface area contributed by atoms with Crippen LogP contribution in [0.5, 0.6) is 5.75 Å². The van der Waals surface area contributed by atoms with E-state index in [0.29, 0.717) is 24.5 Å². The Bertz CT molecular complexity index is 1270. The molecule has 0 aliphatic carbocycles. The Morgan fingerprint density at radius 2 is 1.88 bits per heavy atom. The highest BCUT2D eigenvalue weighted by Gasteiger charge is 2.43. The van der Waals surface area contributed by atoms with Crippen LogP contribution in [0.25, 0.3) is 11.1 Å². The van der Waals surface area contributed by atoms with Gasteiger partial charge >= 0.3 is 0 Å². The van der Waals surface area contributed by atoms with Gasteiger partial charge < -0.3 is 9.64 Å². The lowest BCUT2D eigenvalue weighted by atomic mass is 9.82. The van der Waals surface area contributed by atoms with E-state index in [9.17, 15) is 10.5 Å². The molecule has 2 aliphatic heterocycles. The van der Waals surface area contributed by atoms with Gasteiger partial charge in [-0.1, -0.05) is 18.2 Å². The van der Waals surface area contributed by atoms with Crippen molar-refractivity contribution < 1.29 is 4.74 Å². The van der Waals surface area contributed by atoms with Crippen LogP contribution in [0.1, 0.15) is 30.4 Å². The van der Waals surface area contributed by atoms with Crippen LogP contribution in [-0.4, -0.2) is 34.4 Å². The summed E-state index contributed by atoms with van der Waals surface area (Å²) >= 11 is 0. The molecule has 5 rings (SSSR count). The fourth-order valence-electron chi connectivity index (χ4n) is 4.57. The Morgan fingerprint density at radius 1 is 1.03 bits per heavy atom. The molecule has 2 aliphatic rings. The van der Waals surface area contributed by atoms with Crippen LogP contribution < -0.4 is 9.64 Å². The Kier molecular flexibility index (Phi) is 5.01. The molecule has 3 aromatic rings. The second-order valence-corrected chi connectivity index (χ2v) is 8.10. The number of nitrogens with zero attached hydrogens (tertiary/aromatic N) is 6. The number of ether oxygens (including phenoxy) is 1. The zero-order valence-electron chi connectivity index (χ0n) is 17.4. The van der Waals surface area contributed by atoms with E-state index in [2.05, 4.69) is 25.9 Å². The van der Waals surface area contributed by atoms with Gasteiger partial charge in [-0.15, -0.1) is 0 Å². The highest BCUT2D eigenvalue weighted by atomic mass is 16.5. The van der Waals surface area contributed by atoms with E-state index in [1.807, 2.05) is 42.6 Å². The first-order valence-electron chi connectivity index (χ1n) is 10.5. The molecule has 2 aromatic carbocycles. The van der Waals surface area contributed by atoms with Gasteiger partial charge in [-0.25, -0.2) is 9.97 Å². The van der Waals surface area contributed by atoms with Crippen molar-refractivity contribution in [2.24, 2.45) is 4.99 Å². The van der Waals surface area contributed by atoms with E-state index in [1.54, 1.807) is 24.5 Å². The SMILES string of the molecule is N#C/N=C1/CC2(CCCN(c3ncccn3)C2)Oc2ccc(-c3cccc(C#N)c3)cc21. The van der Waals surface area contributed by atoms with E-state index in [0.717, 1.165) is 47.5 Å². The van der Waals surface area contributed by atoms with Crippen molar-refractivity contribution in [3.8, 4) is 29.1 Å². The zero-order chi connectivity index (χ0) is 22.0. The van der Waals surface area contributed by atoms with Crippen LogP contribution >= 0.6 is 0 Å². The maximum atomic E-state index is 9.37. The largest absolute Gasteiger partial charge is 0.484 e. The molecular weight excluding hydrogens is 400 g/mol. The highest BCUT2D eigenvalue weighted by Crippen LogP contribution is 2.41. The summed E-state index contributed by atoms with van der Waals surface area (Å²) in [6.07, 6.45) is 7.80. The molecule has 32 heavy (non-hydrogen) atoms. The second-order valence-electron chi connectivity index (χ2n) is 8.10. The minimum Gasteiger partial charge on any atom is -0.484 e. The molecule has 7 heteroatoms. The predicted molar refractivity (Wildman–Crippen MR) is 120 cm³/mol. The van der Waals surface area contributed by atoms with E-state index >= 15 is 0 Å². The van der Waals surface area contributed by atoms with E-state index < -0.39 is 5.60 Å². The van der Waals surface area contributed by atoms with Gasteiger partial charge in [0.05, 0.1) is 23.9 Å². The van der Waals surface area contributed by atoms with Gasteiger partial charge in [0.15, 0.2) is 0 Å². The van der Waals surface area contributed by atoms with Crippen LogP contribution in [-0.2, 0) is 0 Å². The van der Waals surface area contributed by atoms with E-state index in [4.69, 9.17) is 4.74 Å². The summed E-state index contributed by atoms with van der Waals surface area (Å²) in [5.41, 5.74) is 3.56.